The van der Waals surface area contributed by atoms with E-state index < -0.39 is 9.84 Å². The zero-order valence-corrected chi connectivity index (χ0v) is 18.9. The summed E-state index contributed by atoms with van der Waals surface area (Å²) in [7, 11) is -3.24. The summed E-state index contributed by atoms with van der Waals surface area (Å²) in [4.78, 5) is 4.72. The average molecular weight is 430 g/mol. The molecule has 0 aliphatic rings. The van der Waals surface area contributed by atoms with Crippen molar-refractivity contribution in [2.75, 3.05) is 5.75 Å². The van der Waals surface area contributed by atoms with Gasteiger partial charge in [-0.2, -0.15) is 0 Å². The van der Waals surface area contributed by atoms with E-state index >= 15 is 0 Å². The molecule has 0 heterocycles. The van der Waals surface area contributed by atoms with E-state index in [2.05, 4.69) is 11.9 Å². The van der Waals surface area contributed by atoms with Gasteiger partial charge in [-0.15, -0.1) is 0 Å². The van der Waals surface area contributed by atoms with Crippen LogP contribution in [-0.4, -0.2) is 25.5 Å². The van der Waals surface area contributed by atoms with Gasteiger partial charge in [0.1, 0.15) is 5.75 Å². The molecule has 0 amide bonds. The highest BCUT2D eigenvalue weighted by Crippen LogP contribution is 2.19. The van der Waals surface area contributed by atoms with Crippen molar-refractivity contribution in [2.24, 2.45) is 4.99 Å². The van der Waals surface area contributed by atoms with Crippen molar-refractivity contribution in [1.29, 1.82) is 0 Å². The molecule has 0 unspecified atom stereocenters. The number of phenolic OH excluding ortho intramolecular Hbond substituents is 1. The van der Waals surface area contributed by atoms with Gasteiger partial charge in [-0.25, -0.2) is 8.42 Å². The highest BCUT2D eigenvalue weighted by atomic mass is 32.2. The van der Waals surface area contributed by atoms with E-state index in [1.807, 2.05) is 0 Å². The molecule has 2 aromatic carbocycles. The Morgan fingerprint density at radius 2 is 1.30 bits per heavy atom. The van der Waals surface area contributed by atoms with Crippen molar-refractivity contribution < 1.29 is 13.5 Å². The van der Waals surface area contributed by atoms with E-state index in [1.54, 1.807) is 54.7 Å². The molecule has 0 aromatic heterocycles. The van der Waals surface area contributed by atoms with Gasteiger partial charge in [0.25, 0.3) is 0 Å². The van der Waals surface area contributed by atoms with Gasteiger partial charge >= 0.3 is 0 Å². The number of rotatable bonds is 14. The summed E-state index contributed by atoms with van der Waals surface area (Å²) in [5.41, 5.74) is 1.56. The molecule has 2 aromatic rings. The largest absolute Gasteiger partial charge is 0.508 e. The number of aromatic hydroxyl groups is 1. The maximum absolute atomic E-state index is 12.5. The fourth-order valence-corrected chi connectivity index (χ4v) is 4.72. The van der Waals surface area contributed by atoms with Gasteiger partial charge in [0, 0.05) is 6.21 Å². The molecular weight excluding hydrogens is 394 g/mol. The Kier molecular flexibility index (Phi) is 10.6. The molecule has 5 heteroatoms. The third-order valence-electron chi connectivity index (χ3n) is 5.22. The quantitative estimate of drug-likeness (QED) is 0.264. The minimum absolute atomic E-state index is 0.208. The lowest BCUT2D eigenvalue weighted by atomic mass is 10.1. The van der Waals surface area contributed by atoms with Crippen LogP contribution in [0.5, 0.6) is 5.75 Å². The molecule has 0 aliphatic heterocycles. The minimum atomic E-state index is -3.24. The summed E-state index contributed by atoms with van der Waals surface area (Å²) < 4.78 is 25.1. The van der Waals surface area contributed by atoms with Crippen LogP contribution < -0.4 is 0 Å². The summed E-state index contributed by atoms with van der Waals surface area (Å²) in [6.45, 7) is 2.23. The topological polar surface area (TPSA) is 66.7 Å². The predicted octanol–water partition coefficient (Wildman–Crippen LogP) is 6.84. The Morgan fingerprint density at radius 3 is 1.87 bits per heavy atom. The Bertz CT molecular complexity index is 856. The van der Waals surface area contributed by atoms with Crippen LogP contribution in [0.15, 0.2) is 58.4 Å². The summed E-state index contributed by atoms with van der Waals surface area (Å²) in [6, 6.07) is 13.5. The van der Waals surface area contributed by atoms with Crippen LogP contribution in [0.3, 0.4) is 0 Å². The first-order valence-electron chi connectivity index (χ1n) is 11.2. The lowest BCUT2D eigenvalue weighted by Gasteiger charge is -2.05. The van der Waals surface area contributed by atoms with Crippen molar-refractivity contribution in [3.05, 3.63) is 54.1 Å². The zero-order valence-electron chi connectivity index (χ0n) is 18.1. The Labute approximate surface area is 182 Å². The van der Waals surface area contributed by atoms with Crippen molar-refractivity contribution in [1.82, 2.24) is 0 Å². The Balaban J connectivity index is 1.71. The second-order valence-corrected chi connectivity index (χ2v) is 9.95. The third-order valence-corrected chi connectivity index (χ3v) is 7.03. The number of hydrogen-bond donors (Lipinski definition) is 1. The first-order valence-corrected chi connectivity index (χ1v) is 12.8. The van der Waals surface area contributed by atoms with E-state index in [9.17, 15) is 13.5 Å². The number of hydrogen-bond acceptors (Lipinski definition) is 4. The second-order valence-electron chi connectivity index (χ2n) is 7.84. The van der Waals surface area contributed by atoms with Crippen molar-refractivity contribution in [3.63, 3.8) is 0 Å². The average Bonchev–Trinajstić information content (AvgIpc) is 2.75. The summed E-state index contributed by atoms with van der Waals surface area (Å²) >= 11 is 0. The van der Waals surface area contributed by atoms with Gasteiger partial charge in [0.2, 0.25) is 0 Å². The van der Waals surface area contributed by atoms with Crippen LogP contribution in [0, 0.1) is 0 Å². The summed E-state index contributed by atoms with van der Waals surface area (Å²) in [5, 5.41) is 9.30. The molecule has 4 nitrogen and oxygen atoms in total. The lowest BCUT2D eigenvalue weighted by Crippen LogP contribution is -2.06. The molecule has 1 N–H and O–H groups in total. The zero-order chi connectivity index (χ0) is 21.7. The SMILES string of the molecule is CCCCCCCCCCCCS(=O)(=O)c1ccc(N=Cc2ccc(O)cc2)cc1. The predicted molar refractivity (Wildman–Crippen MR) is 126 cm³/mol. The number of aliphatic imine (C=N–C) groups is 1. The maximum Gasteiger partial charge on any atom is 0.178 e. The smallest absolute Gasteiger partial charge is 0.178 e. The molecule has 0 saturated carbocycles. The highest BCUT2D eigenvalue weighted by molar-refractivity contribution is 7.91. The molecule has 0 saturated heterocycles. The first kappa shape index (κ1) is 24.1. The number of unbranched alkanes of at least 4 members (excludes halogenated alkanes) is 9. The monoisotopic (exact) mass is 429 g/mol. The molecular formula is C25H35NO3S. The van der Waals surface area contributed by atoms with Gasteiger partial charge in [-0.05, 0) is 60.5 Å². The Hall–Kier alpha value is -2.14. The van der Waals surface area contributed by atoms with E-state index in [0.29, 0.717) is 10.6 Å². The number of nitrogens with zero attached hydrogens (tertiary/aromatic N) is 1. The van der Waals surface area contributed by atoms with Crippen molar-refractivity contribution in [2.45, 2.75) is 76.0 Å². The Morgan fingerprint density at radius 1 is 0.767 bits per heavy atom. The summed E-state index contributed by atoms with van der Waals surface area (Å²) in [5.74, 6) is 0.420. The first-order chi connectivity index (χ1) is 14.5. The van der Waals surface area contributed by atoms with E-state index in [1.165, 1.54) is 44.9 Å². The van der Waals surface area contributed by atoms with Crippen LogP contribution in [0.1, 0.15) is 76.7 Å². The fraction of sp³-hybridized carbons (Fsp3) is 0.480. The number of phenols is 1. The van der Waals surface area contributed by atoms with E-state index in [4.69, 9.17) is 0 Å². The second kappa shape index (κ2) is 13.2. The molecule has 0 radical (unpaired) electrons. The molecule has 164 valence electrons. The molecule has 0 spiro atoms. The number of sulfone groups is 1. The van der Waals surface area contributed by atoms with Crippen molar-refractivity contribution >= 4 is 21.7 Å². The van der Waals surface area contributed by atoms with Crippen molar-refractivity contribution in [3.8, 4) is 5.75 Å². The van der Waals surface area contributed by atoms with Crippen LogP contribution in [0.25, 0.3) is 0 Å². The van der Waals surface area contributed by atoms with Gasteiger partial charge in [0.05, 0.1) is 16.3 Å². The molecule has 0 atom stereocenters. The lowest BCUT2D eigenvalue weighted by molar-refractivity contribution is 0.475. The van der Waals surface area contributed by atoms with Gasteiger partial charge < -0.3 is 5.11 Å². The normalized spacial score (nSPS) is 11.9. The molecule has 0 fully saturated rings. The highest BCUT2D eigenvalue weighted by Gasteiger charge is 2.13. The van der Waals surface area contributed by atoms with Crippen LogP contribution >= 0.6 is 0 Å². The minimum Gasteiger partial charge on any atom is -0.508 e. The third kappa shape index (κ3) is 9.12. The van der Waals surface area contributed by atoms with E-state index in [0.717, 1.165) is 24.8 Å². The van der Waals surface area contributed by atoms with Crippen LogP contribution in [-0.2, 0) is 9.84 Å². The molecule has 2 rings (SSSR count). The van der Waals surface area contributed by atoms with Gasteiger partial charge in [-0.3, -0.25) is 4.99 Å². The van der Waals surface area contributed by atoms with Crippen LogP contribution in [0.2, 0.25) is 0 Å². The van der Waals surface area contributed by atoms with Crippen LogP contribution in [0.4, 0.5) is 5.69 Å². The molecule has 30 heavy (non-hydrogen) atoms. The molecule has 0 bridgehead atoms. The fourth-order valence-electron chi connectivity index (χ4n) is 3.35. The van der Waals surface area contributed by atoms with Gasteiger partial charge in [0.15, 0.2) is 9.84 Å². The van der Waals surface area contributed by atoms with E-state index in [-0.39, 0.29) is 11.5 Å². The standard InChI is InChI=1S/C25H35NO3S/c1-2-3-4-5-6-7-8-9-10-11-20-30(28,29)25-18-14-23(15-19-25)26-21-22-12-16-24(27)17-13-22/h12-19,21,27H,2-11,20H2,1H3. The number of benzene rings is 2. The van der Waals surface area contributed by atoms with Gasteiger partial charge in [-0.1, -0.05) is 64.7 Å². The molecule has 0 aliphatic carbocycles. The summed E-state index contributed by atoms with van der Waals surface area (Å²) in [6.07, 6.45) is 13.6. The maximum atomic E-state index is 12.5.